The number of hydrogen-bond acceptors (Lipinski definition) is 2. The number of carbonyl (C=O) groups is 1. The Balaban J connectivity index is 3.03. The summed E-state index contributed by atoms with van der Waals surface area (Å²) in [5.74, 6) is -0.676. The molecular formula is C6H3Br2FOS. The van der Waals surface area contributed by atoms with Gasteiger partial charge < -0.3 is 0 Å². The van der Waals surface area contributed by atoms with Gasteiger partial charge >= 0.3 is 0 Å². The smallest absolute Gasteiger partial charge is 0.186 e. The van der Waals surface area contributed by atoms with Crippen LogP contribution < -0.4 is 0 Å². The first kappa shape index (κ1) is 9.35. The van der Waals surface area contributed by atoms with E-state index < -0.39 is 5.82 Å². The van der Waals surface area contributed by atoms with Crippen molar-refractivity contribution in [3.63, 3.8) is 0 Å². The van der Waals surface area contributed by atoms with Crippen LogP contribution in [0.3, 0.4) is 0 Å². The van der Waals surface area contributed by atoms with Crippen LogP contribution >= 0.6 is 43.2 Å². The van der Waals surface area contributed by atoms with E-state index in [1.807, 2.05) is 0 Å². The molecule has 0 unspecified atom stereocenters. The highest BCUT2D eigenvalue weighted by Gasteiger charge is 2.13. The lowest BCUT2D eigenvalue weighted by Gasteiger charge is -1.88. The van der Waals surface area contributed by atoms with Crippen LogP contribution in [0.25, 0.3) is 0 Å². The minimum Gasteiger partial charge on any atom is -0.292 e. The van der Waals surface area contributed by atoms with Crippen LogP contribution in [0.15, 0.2) is 9.85 Å². The average Bonchev–Trinajstić information content (AvgIpc) is 2.28. The quantitative estimate of drug-likeness (QED) is 0.605. The molecule has 0 aliphatic rings. The number of thiophene rings is 1. The number of ketones is 1. The molecule has 11 heavy (non-hydrogen) atoms. The van der Waals surface area contributed by atoms with Crippen molar-refractivity contribution in [3.8, 4) is 0 Å². The molecule has 0 aliphatic heterocycles. The Kier molecular flexibility index (Phi) is 3.21. The number of rotatable bonds is 2. The van der Waals surface area contributed by atoms with Gasteiger partial charge in [0.05, 0.1) is 9.12 Å². The molecule has 0 spiro atoms. The van der Waals surface area contributed by atoms with Crippen LogP contribution in [-0.4, -0.2) is 11.1 Å². The van der Waals surface area contributed by atoms with Crippen LogP contribution in [0.1, 0.15) is 9.67 Å². The summed E-state index contributed by atoms with van der Waals surface area (Å²) in [5.41, 5.74) is 0. The Morgan fingerprint density at radius 3 is 2.73 bits per heavy atom. The van der Waals surface area contributed by atoms with Gasteiger partial charge in [0, 0.05) is 0 Å². The summed E-state index contributed by atoms with van der Waals surface area (Å²) in [5, 5.41) is 0.164. The number of Topliss-reactive ketones (excluding diaryl/α,β-unsaturated/α-hetero) is 1. The fourth-order valence-corrected chi connectivity index (χ4v) is 2.44. The first-order valence-corrected chi connectivity index (χ1v) is 5.42. The molecular weight excluding hydrogens is 299 g/mol. The van der Waals surface area contributed by atoms with Gasteiger partial charge in [0.15, 0.2) is 5.78 Å². The standard InChI is InChI=1S/C6H3Br2FOS/c7-2-4(10)6-3(9)1-5(8)11-6/h1H,2H2. The Morgan fingerprint density at radius 1 is 1.73 bits per heavy atom. The van der Waals surface area contributed by atoms with Crippen molar-refractivity contribution in [3.05, 3.63) is 20.5 Å². The molecule has 5 heteroatoms. The number of hydrogen-bond donors (Lipinski definition) is 0. The molecule has 1 nitrogen and oxygen atoms in total. The van der Waals surface area contributed by atoms with E-state index in [1.54, 1.807) is 0 Å². The van der Waals surface area contributed by atoms with E-state index in [-0.39, 0.29) is 16.0 Å². The number of alkyl halides is 1. The van der Waals surface area contributed by atoms with Gasteiger partial charge in [-0.1, -0.05) is 15.9 Å². The molecule has 0 radical (unpaired) electrons. The van der Waals surface area contributed by atoms with Crippen molar-refractivity contribution in [2.24, 2.45) is 0 Å². The van der Waals surface area contributed by atoms with E-state index >= 15 is 0 Å². The van der Waals surface area contributed by atoms with Gasteiger partial charge in [0.2, 0.25) is 0 Å². The Bertz CT molecular complexity index is 284. The Labute approximate surface area is 83.9 Å². The maximum Gasteiger partial charge on any atom is 0.186 e. The minimum absolute atomic E-state index is 0.164. The molecule has 0 N–H and O–H groups in total. The van der Waals surface area contributed by atoms with Gasteiger partial charge in [0.1, 0.15) is 10.7 Å². The molecule has 0 bridgehead atoms. The maximum absolute atomic E-state index is 12.8. The molecule has 1 heterocycles. The van der Waals surface area contributed by atoms with Gasteiger partial charge in [0.25, 0.3) is 0 Å². The van der Waals surface area contributed by atoms with Gasteiger partial charge in [-0.25, -0.2) is 4.39 Å². The molecule has 0 atom stereocenters. The summed E-state index contributed by atoms with van der Waals surface area (Å²) in [6.45, 7) is 0. The van der Waals surface area contributed by atoms with Crippen LogP contribution in [-0.2, 0) is 0 Å². The first-order chi connectivity index (χ1) is 5.15. The molecule has 0 saturated carbocycles. The third-order valence-electron chi connectivity index (χ3n) is 1.03. The summed E-state index contributed by atoms with van der Waals surface area (Å²) in [6.07, 6.45) is 0. The zero-order valence-electron chi connectivity index (χ0n) is 5.23. The molecule has 60 valence electrons. The second-order valence-electron chi connectivity index (χ2n) is 1.78. The zero-order valence-corrected chi connectivity index (χ0v) is 9.22. The lowest BCUT2D eigenvalue weighted by atomic mass is 10.3. The second kappa shape index (κ2) is 3.78. The predicted octanol–water partition coefficient (Wildman–Crippen LogP) is 3.23. The third kappa shape index (κ3) is 2.10. The molecule has 1 aromatic heterocycles. The van der Waals surface area contributed by atoms with Gasteiger partial charge in [-0.05, 0) is 22.0 Å². The van der Waals surface area contributed by atoms with Gasteiger partial charge in [-0.15, -0.1) is 11.3 Å². The van der Waals surface area contributed by atoms with E-state index in [1.165, 1.54) is 6.07 Å². The highest BCUT2D eigenvalue weighted by atomic mass is 79.9. The van der Waals surface area contributed by atoms with Crippen molar-refractivity contribution < 1.29 is 9.18 Å². The normalized spacial score (nSPS) is 10.1. The molecule has 0 saturated heterocycles. The van der Waals surface area contributed by atoms with Crippen molar-refractivity contribution >= 4 is 49.0 Å². The summed E-state index contributed by atoms with van der Waals surface area (Å²) >= 11 is 7.17. The first-order valence-electron chi connectivity index (χ1n) is 2.69. The fraction of sp³-hybridized carbons (Fsp3) is 0.167. The number of carbonyl (C=O) groups excluding carboxylic acids is 1. The minimum atomic E-state index is -0.452. The molecule has 0 aromatic carbocycles. The largest absolute Gasteiger partial charge is 0.292 e. The molecule has 1 aromatic rings. The fourth-order valence-electron chi connectivity index (χ4n) is 0.592. The SMILES string of the molecule is O=C(CBr)c1sc(Br)cc1F. The van der Waals surface area contributed by atoms with Gasteiger partial charge in [-0.3, -0.25) is 4.79 Å². The number of halogens is 3. The second-order valence-corrected chi connectivity index (χ2v) is 4.78. The van der Waals surface area contributed by atoms with E-state index in [0.29, 0.717) is 3.79 Å². The molecule has 0 amide bonds. The Hall–Kier alpha value is 0.260. The van der Waals surface area contributed by atoms with Crippen molar-refractivity contribution in [2.45, 2.75) is 0 Å². The lowest BCUT2D eigenvalue weighted by Crippen LogP contribution is -1.98. The van der Waals surface area contributed by atoms with E-state index in [2.05, 4.69) is 31.9 Å². The highest BCUT2D eigenvalue weighted by molar-refractivity contribution is 9.11. The predicted molar refractivity (Wildman–Crippen MR) is 50.1 cm³/mol. The third-order valence-corrected chi connectivity index (χ3v) is 3.19. The average molecular weight is 302 g/mol. The van der Waals surface area contributed by atoms with E-state index in [9.17, 15) is 9.18 Å². The van der Waals surface area contributed by atoms with Crippen molar-refractivity contribution in [2.75, 3.05) is 5.33 Å². The topological polar surface area (TPSA) is 17.1 Å². The highest BCUT2D eigenvalue weighted by Crippen LogP contribution is 2.26. The summed E-state index contributed by atoms with van der Waals surface area (Å²) in [6, 6.07) is 1.29. The monoisotopic (exact) mass is 300 g/mol. The Morgan fingerprint density at radius 2 is 2.36 bits per heavy atom. The zero-order chi connectivity index (χ0) is 8.43. The van der Waals surface area contributed by atoms with Crippen LogP contribution in [0, 0.1) is 5.82 Å². The van der Waals surface area contributed by atoms with Gasteiger partial charge in [-0.2, -0.15) is 0 Å². The van der Waals surface area contributed by atoms with Crippen LogP contribution in [0.5, 0.6) is 0 Å². The summed E-state index contributed by atoms with van der Waals surface area (Å²) in [7, 11) is 0. The van der Waals surface area contributed by atoms with E-state index in [0.717, 1.165) is 11.3 Å². The molecule has 1 rings (SSSR count). The van der Waals surface area contributed by atoms with E-state index in [4.69, 9.17) is 0 Å². The van der Waals surface area contributed by atoms with Crippen LogP contribution in [0.2, 0.25) is 0 Å². The summed E-state index contributed by atoms with van der Waals surface area (Å²) < 4.78 is 13.4. The van der Waals surface area contributed by atoms with Crippen LogP contribution in [0.4, 0.5) is 4.39 Å². The van der Waals surface area contributed by atoms with Crippen molar-refractivity contribution in [1.29, 1.82) is 0 Å². The summed E-state index contributed by atoms with van der Waals surface area (Å²) in [4.78, 5) is 11.1. The van der Waals surface area contributed by atoms with Crippen molar-refractivity contribution in [1.82, 2.24) is 0 Å². The lowest BCUT2D eigenvalue weighted by molar-refractivity contribution is 0.102. The molecule has 0 fully saturated rings. The molecule has 0 aliphatic carbocycles. The maximum atomic E-state index is 12.8.